The Morgan fingerprint density at radius 2 is 2.04 bits per heavy atom. The van der Waals surface area contributed by atoms with Crippen LogP contribution in [0.1, 0.15) is 28.5 Å². The molecule has 7 heteroatoms. The zero-order valence-electron chi connectivity index (χ0n) is 13.6. The molecule has 0 bridgehead atoms. The van der Waals surface area contributed by atoms with Crippen molar-refractivity contribution in [1.29, 1.82) is 0 Å². The molecule has 1 heterocycles. The number of carbonyl (C=O) groups excluding carboxylic acids is 1. The van der Waals surface area contributed by atoms with Crippen LogP contribution in [0.25, 0.3) is 0 Å². The van der Waals surface area contributed by atoms with Crippen LogP contribution in [0.4, 0.5) is 13.2 Å². The van der Waals surface area contributed by atoms with E-state index in [1.807, 2.05) is 6.92 Å². The fraction of sp³-hybridized carbons (Fsp3) is 0.222. The third kappa shape index (κ3) is 5.63. The number of nitrogens with zero attached hydrogens (tertiary/aromatic N) is 1. The first-order chi connectivity index (χ1) is 11.8. The van der Waals surface area contributed by atoms with Gasteiger partial charge in [0.2, 0.25) is 0 Å². The SMILES string of the molecule is C=C(C)COc1cccc(C(=O)NCc2ccc(C(F)(F)F)nc2)c1. The number of hydrogen-bond donors (Lipinski definition) is 1. The Kier molecular flexibility index (Phi) is 5.80. The summed E-state index contributed by atoms with van der Waals surface area (Å²) in [6.07, 6.45) is -3.39. The molecule has 132 valence electrons. The number of alkyl halides is 3. The summed E-state index contributed by atoms with van der Waals surface area (Å²) >= 11 is 0. The summed E-state index contributed by atoms with van der Waals surface area (Å²) < 4.78 is 42.8. The average molecular weight is 350 g/mol. The van der Waals surface area contributed by atoms with E-state index in [0.29, 0.717) is 23.5 Å². The number of amides is 1. The molecule has 0 saturated heterocycles. The highest BCUT2D eigenvalue weighted by Crippen LogP contribution is 2.27. The fourth-order valence-corrected chi connectivity index (χ4v) is 1.91. The summed E-state index contributed by atoms with van der Waals surface area (Å²) in [5, 5.41) is 2.63. The lowest BCUT2D eigenvalue weighted by atomic mass is 10.2. The van der Waals surface area contributed by atoms with Gasteiger partial charge < -0.3 is 10.1 Å². The first-order valence-electron chi connectivity index (χ1n) is 7.43. The van der Waals surface area contributed by atoms with Gasteiger partial charge in [-0.3, -0.25) is 9.78 Å². The van der Waals surface area contributed by atoms with E-state index in [-0.39, 0.29) is 12.5 Å². The van der Waals surface area contributed by atoms with Gasteiger partial charge in [-0.05, 0) is 42.3 Å². The largest absolute Gasteiger partial charge is 0.489 e. The van der Waals surface area contributed by atoms with E-state index < -0.39 is 11.9 Å². The van der Waals surface area contributed by atoms with Gasteiger partial charge in [0.15, 0.2) is 0 Å². The number of rotatable bonds is 6. The molecule has 0 spiro atoms. The molecular weight excluding hydrogens is 333 g/mol. The third-order valence-electron chi connectivity index (χ3n) is 3.15. The molecule has 4 nitrogen and oxygen atoms in total. The highest BCUT2D eigenvalue weighted by molar-refractivity contribution is 5.94. The highest BCUT2D eigenvalue weighted by Gasteiger charge is 2.31. The van der Waals surface area contributed by atoms with Gasteiger partial charge in [-0.1, -0.05) is 18.7 Å². The standard InChI is InChI=1S/C18H17F3N2O2/c1-12(2)11-25-15-5-3-4-14(8-15)17(24)23-10-13-6-7-16(22-9-13)18(19,20)21/h3-9H,1,10-11H2,2H3,(H,23,24). The van der Waals surface area contributed by atoms with Crippen LogP contribution >= 0.6 is 0 Å². The zero-order chi connectivity index (χ0) is 18.4. The number of benzene rings is 1. The van der Waals surface area contributed by atoms with Crippen LogP contribution in [0.5, 0.6) is 5.75 Å². The summed E-state index contributed by atoms with van der Waals surface area (Å²) in [4.78, 5) is 15.5. The molecule has 0 saturated carbocycles. The molecule has 0 aliphatic heterocycles. The molecule has 0 radical (unpaired) electrons. The van der Waals surface area contributed by atoms with Crippen molar-refractivity contribution < 1.29 is 22.7 Å². The second kappa shape index (κ2) is 7.83. The van der Waals surface area contributed by atoms with Crippen LogP contribution in [0, 0.1) is 0 Å². The van der Waals surface area contributed by atoms with Crippen LogP contribution in [-0.4, -0.2) is 17.5 Å². The van der Waals surface area contributed by atoms with E-state index in [4.69, 9.17) is 4.74 Å². The van der Waals surface area contributed by atoms with Gasteiger partial charge in [0, 0.05) is 18.3 Å². The fourth-order valence-electron chi connectivity index (χ4n) is 1.91. The summed E-state index contributed by atoms with van der Waals surface area (Å²) in [5.74, 6) is 0.174. The summed E-state index contributed by atoms with van der Waals surface area (Å²) in [5.41, 5.74) is 0.740. The van der Waals surface area contributed by atoms with Gasteiger partial charge in [-0.25, -0.2) is 0 Å². The van der Waals surface area contributed by atoms with Gasteiger partial charge in [0.1, 0.15) is 18.1 Å². The second-order valence-corrected chi connectivity index (χ2v) is 5.51. The molecule has 1 amide bonds. The molecule has 0 aliphatic carbocycles. The van der Waals surface area contributed by atoms with Crippen molar-refractivity contribution in [1.82, 2.24) is 10.3 Å². The van der Waals surface area contributed by atoms with Crippen molar-refractivity contribution in [2.45, 2.75) is 19.6 Å². The molecular formula is C18H17F3N2O2. The number of carbonyl (C=O) groups is 1. The minimum Gasteiger partial charge on any atom is -0.489 e. The van der Waals surface area contributed by atoms with Crippen molar-refractivity contribution in [2.75, 3.05) is 6.61 Å². The Labute approximate surface area is 143 Å². The Hall–Kier alpha value is -2.83. The first-order valence-corrected chi connectivity index (χ1v) is 7.43. The monoisotopic (exact) mass is 350 g/mol. The maximum atomic E-state index is 12.5. The van der Waals surface area contributed by atoms with Gasteiger partial charge in [-0.2, -0.15) is 13.2 Å². The number of halogens is 3. The van der Waals surface area contributed by atoms with E-state index in [9.17, 15) is 18.0 Å². The van der Waals surface area contributed by atoms with Crippen molar-refractivity contribution >= 4 is 5.91 Å². The predicted molar refractivity (Wildman–Crippen MR) is 87.2 cm³/mol. The maximum absolute atomic E-state index is 12.5. The molecule has 0 fully saturated rings. The summed E-state index contributed by atoms with van der Waals surface area (Å²) in [6, 6.07) is 8.77. The van der Waals surface area contributed by atoms with Gasteiger partial charge in [0.05, 0.1) is 0 Å². The van der Waals surface area contributed by atoms with E-state index in [1.54, 1.807) is 24.3 Å². The van der Waals surface area contributed by atoms with Crippen LogP contribution in [0.2, 0.25) is 0 Å². The van der Waals surface area contributed by atoms with Crippen molar-refractivity contribution in [3.8, 4) is 5.75 Å². The molecule has 2 aromatic rings. The second-order valence-electron chi connectivity index (χ2n) is 5.51. The number of pyridine rings is 1. The Morgan fingerprint density at radius 3 is 2.64 bits per heavy atom. The molecule has 25 heavy (non-hydrogen) atoms. The maximum Gasteiger partial charge on any atom is 0.433 e. The summed E-state index contributed by atoms with van der Waals surface area (Å²) in [6.45, 7) is 5.98. The topological polar surface area (TPSA) is 51.2 Å². The van der Waals surface area contributed by atoms with Crippen molar-refractivity contribution in [3.05, 3.63) is 71.6 Å². The third-order valence-corrected chi connectivity index (χ3v) is 3.15. The minimum atomic E-state index is -4.48. The lowest BCUT2D eigenvalue weighted by Gasteiger charge is -2.09. The number of hydrogen-bond acceptors (Lipinski definition) is 3. The molecule has 0 aliphatic rings. The van der Waals surface area contributed by atoms with Crippen LogP contribution in [-0.2, 0) is 12.7 Å². The van der Waals surface area contributed by atoms with E-state index in [2.05, 4.69) is 16.9 Å². The molecule has 1 aromatic carbocycles. The molecule has 1 aromatic heterocycles. The minimum absolute atomic E-state index is 0.0703. The first kappa shape index (κ1) is 18.5. The Balaban J connectivity index is 1.96. The van der Waals surface area contributed by atoms with Crippen molar-refractivity contribution in [2.24, 2.45) is 0 Å². The van der Waals surface area contributed by atoms with E-state index in [0.717, 1.165) is 17.8 Å². The smallest absolute Gasteiger partial charge is 0.433 e. The average Bonchev–Trinajstić information content (AvgIpc) is 2.57. The van der Waals surface area contributed by atoms with Crippen LogP contribution < -0.4 is 10.1 Å². The van der Waals surface area contributed by atoms with Crippen LogP contribution in [0.3, 0.4) is 0 Å². The van der Waals surface area contributed by atoms with E-state index in [1.165, 1.54) is 6.07 Å². The zero-order valence-corrected chi connectivity index (χ0v) is 13.6. The van der Waals surface area contributed by atoms with Crippen LogP contribution in [0.15, 0.2) is 54.7 Å². The lowest BCUT2D eigenvalue weighted by Crippen LogP contribution is -2.23. The quantitative estimate of drug-likeness (QED) is 0.802. The van der Waals surface area contributed by atoms with Gasteiger partial charge in [0.25, 0.3) is 5.91 Å². The van der Waals surface area contributed by atoms with Crippen molar-refractivity contribution in [3.63, 3.8) is 0 Å². The molecule has 0 unspecified atom stereocenters. The normalized spacial score (nSPS) is 11.0. The van der Waals surface area contributed by atoms with Gasteiger partial charge in [-0.15, -0.1) is 0 Å². The van der Waals surface area contributed by atoms with E-state index >= 15 is 0 Å². The molecule has 1 N–H and O–H groups in total. The predicted octanol–water partition coefficient (Wildman–Crippen LogP) is 3.99. The summed E-state index contributed by atoms with van der Waals surface area (Å²) in [7, 11) is 0. The number of ether oxygens (including phenoxy) is 1. The Bertz CT molecular complexity index is 756. The van der Waals surface area contributed by atoms with Gasteiger partial charge >= 0.3 is 6.18 Å². The molecule has 2 rings (SSSR count). The Morgan fingerprint density at radius 1 is 1.28 bits per heavy atom. The highest BCUT2D eigenvalue weighted by atomic mass is 19.4. The number of aromatic nitrogens is 1. The molecule has 0 atom stereocenters. The lowest BCUT2D eigenvalue weighted by molar-refractivity contribution is -0.141. The number of nitrogens with one attached hydrogen (secondary N) is 1.